The fraction of sp³-hybridized carbons (Fsp3) is 0.240. The lowest BCUT2D eigenvalue weighted by Gasteiger charge is -2.15. The summed E-state index contributed by atoms with van der Waals surface area (Å²) in [5.74, 6) is -4.15. The molecule has 2 heterocycles. The molecule has 1 saturated carbocycles. The number of benzene rings is 2. The predicted octanol–water partition coefficient (Wildman–Crippen LogP) is 5.97. The third-order valence-electron chi connectivity index (χ3n) is 5.73. The smallest absolute Gasteiger partial charge is 0.421 e. The summed E-state index contributed by atoms with van der Waals surface area (Å²) in [5.41, 5.74) is -1.77. The predicted molar refractivity (Wildman–Crippen MR) is 128 cm³/mol. The Morgan fingerprint density at radius 2 is 1.79 bits per heavy atom. The second-order valence-corrected chi connectivity index (χ2v) is 9.83. The zero-order valence-electron chi connectivity index (χ0n) is 19.4. The highest BCUT2D eigenvalue weighted by atomic mass is 32.2. The van der Waals surface area contributed by atoms with Gasteiger partial charge in [0.25, 0.3) is 5.56 Å². The molecule has 13 heteroatoms. The molecule has 0 bridgehead atoms. The van der Waals surface area contributed by atoms with Crippen LogP contribution in [0.5, 0.6) is 11.6 Å². The quantitative estimate of drug-likeness (QED) is 0.215. The number of pyridine rings is 1. The molecule has 6 nitrogen and oxygen atoms in total. The van der Waals surface area contributed by atoms with E-state index in [-0.39, 0.29) is 23.2 Å². The first-order chi connectivity index (χ1) is 18.1. The van der Waals surface area contributed by atoms with Crippen molar-refractivity contribution >= 4 is 22.9 Å². The standard InChI is InChI=1S/C25H18F6N4O2S/c26-14-6-20(27)18(21(28)7-14)11-35-12-33-23(36)17-8-15(1-4-22(17)35)37-24-19(25(29,30)31)5-13(9-32-24)10-34-38-16-2-3-16/h1,4-9,12,16,34H,2-3,10-11H2. The number of ether oxygens (including phenoxy) is 1. The van der Waals surface area contributed by atoms with E-state index in [2.05, 4.69) is 14.7 Å². The molecule has 1 fully saturated rings. The van der Waals surface area contributed by atoms with Crippen LogP contribution in [0.4, 0.5) is 26.3 Å². The minimum Gasteiger partial charge on any atom is -0.438 e. The van der Waals surface area contributed by atoms with E-state index >= 15 is 0 Å². The number of hydrogen-bond acceptors (Lipinski definition) is 6. The lowest BCUT2D eigenvalue weighted by Crippen LogP contribution is -2.15. The van der Waals surface area contributed by atoms with E-state index in [4.69, 9.17) is 4.74 Å². The first kappa shape index (κ1) is 26.0. The van der Waals surface area contributed by atoms with Gasteiger partial charge in [0.15, 0.2) is 0 Å². The van der Waals surface area contributed by atoms with Crippen molar-refractivity contribution in [3.8, 4) is 11.6 Å². The second kappa shape index (κ2) is 10.3. The summed E-state index contributed by atoms with van der Waals surface area (Å²) in [6.07, 6.45) is -0.278. The molecule has 1 aliphatic carbocycles. The van der Waals surface area contributed by atoms with Gasteiger partial charge in [0, 0.05) is 35.7 Å². The third kappa shape index (κ3) is 5.78. The van der Waals surface area contributed by atoms with Gasteiger partial charge in [-0.05, 0) is 42.7 Å². The van der Waals surface area contributed by atoms with Crippen LogP contribution in [0.25, 0.3) is 10.9 Å². The van der Waals surface area contributed by atoms with Crippen LogP contribution in [-0.2, 0) is 19.3 Å². The number of hydrogen-bond donors (Lipinski definition) is 1. The van der Waals surface area contributed by atoms with Crippen LogP contribution >= 0.6 is 11.9 Å². The number of rotatable bonds is 8. The third-order valence-corrected chi connectivity index (χ3v) is 6.85. The van der Waals surface area contributed by atoms with Crippen LogP contribution in [0.1, 0.15) is 29.5 Å². The van der Waals surface area contributed by atoms with Crippen molar-refractivity contribution in [3.05, 3.63) is 93.4 Å². The van der Waals surface area contributed by atoms with Crippen LogP contribution in [0, 0.1) is 17.5 Å². The molecule has 0 spiro atoms. The summed E-state index contributed by atoms with van der Waals surface area (Å²) in [7, 11) is 0. The van der Waals surface area contributed by atoms with Gasteiger partial charge in [0.1, 0.15) is 28.8 Å². The van der Waals surface area contributed by atoms with E-state index in [1.54, 1.807) is 0 Å². The molecule has 2 aromatic heterocycles. The van der Waals surface area contributed by atoms with Crippen molar-refractivity contribution in [1.82, 2.24) is 19.3 Å². The fourth-order valence-corrected chi connectivity index (χ4v) is 4.55. The highest BCUT2D eigenvalue weighted by molar-refractivity contribution is 7.98. The number of fused-ring (bicyclic) bond motifs is 1. The Hall–Kier alpha value is -3.58. The van der Waals surface area contributed by atoms with Crippen molar-refractivity contribution in [1.29, 1.82) is 0 Å². The second-order valence-electron chi connectivity index (χ2n) is 8.64. The molecule has 38 heavy (non-hydrogen) atoms. The molecule has 4 aromatic rings. The average molecular weight is 553 g/mol. The Kier molecular flexibility index (Phi) is 7.05. The topological polar surface area (TPSA) is 69.0 Å². The number of nitrogens with one attached hydrogen (secondary N) is 1. The molecule has 0 saturated heterocycles. The maximum absolute atomic E-state index is 14.2. The zero-order chi connectivity index (χ0) is 27.0. The molecular weight excluding hydrogens is 534 g/mol. The van der Waals surface area contributed by atoms with E-state index < -0.39 is 52.7 Å². The minimum absolute atomic E-state index is 0.0700. The summed E-state index contributed by atoms with van der Waals surface area (Å²) in [6.45, 7) is -0.232. The maximum Gasteiger partial charge on any atom is 0.421 e. The van der Waals surface area contributed by atoms with Crippen LogP contribution in [-0.4, -0.2) is 19.8 Å². The molecule has 1 N–H and O–H groups in total. The van der Waals surface area contributed by atoms with E-state index in [0.29, 0.717) is 22.9 Å². The number of aromatic nitrogens is 3. The largest absolute Gasteiger partial charge is 0.438 e. The summed E-state index contributed by atoms with van der Waals surface area (Å²) < 4.78 is 92.6. The van der Waals surface area contributed by atoms with Crippen molar-refractivity contribution < 1.29 is 31.1 Å². The minimum atomic E-state index is -4.75. The Morgan fingerprint density at radius 1 is 1.05 bits per heavy atom. The fourth-order valence-electron chi connectivity index (χ4n) is 3.69. The maximum atomic E-state index is 14.2. The van der Waals surface area contributed by atoms with Gasteiger partial charge in [0.2, 0.25) is 5.88 Å². The molecule has 0 unspecified atom stereocenters. The highest BCUT2D eigenvalue weighted by Gasteiger charge is 2.36. The van der Waals surface area contributed by atoms with Gasteiger partial charge in [-0.15, -0.1) is 0 Å². The molecule has 1 aliphatic rings. The van der Waals surface area contributed by atoms with Gasteiger partial charge in [-0.25, -0.2) is 18.2 Å². The van der Waals surface area contributed by atoms with Crippen molar-refractivity contribution in [2.75, 3.05) is 0 Å². The molecular formula is C25H18F6N4O2S. The Morgan fingerprint density at radius 3 is 2.47 bits per heavy atom. The van der Waals surface area contributed by atoms with Crippen LogP contribution < -0.4 is 15.0 Å². The molecule has 0 atom stereocenters. The molecule has 2 aromatic carbocycles. The zero-order valence-corrected chi connectivity index (χ0v) is 20.2. The first-order valence-electron chi connectivity index (χ1n) is 11.3. The van der Waals surface area contributed by atoms with Crippen LogP contribution in [0.2, 0.25) is 0 Å². The summed E-state index contributed by atoms with van der Waals surface area (Å²) in [4.78, 5) is 19.9. The average Bonchev–Trinajstić information content (AvgIpc) is 3.67. The summed E-state index contributed by atoms with van der Waals surface area (Å²) >= 11 is 1.48. The van der Waals surface area contributed by atoms with E-state index in [1.165, 1.54) is 40.9 Å². The van der Waals surface area contributed by atoms with Gasteiger partial charge in [-0.3, -0.25) is 9.52 Å². The SMILES string of the molecule is O=c1ncn(Cc2c(F)cc(F)cc2F)c2ccc(Oc3ncc(CNSC4CC4)cc3C(F)(F)F)cc12. The van der Waals surface area contributed by atoms with Gasteiger partial charge in [-0.1, -0.05) is 11.9 Å². The van der Waals surface area contributed by atoms with E-state index in [1.807, 2.05) is 0 Å². The van der Waals surface area contributed by atoms with Gasteiger partial charge in [-0.2, -0.15) is 18.2 Å². The van der Waals surface area contributed by atoms with Crippen LogP contribution in [0.15, 0.2) is 53.7 Å². The normalized spacial score (nSPS) is 13.7. The van der Waals surface area contributed by atoms with Crippen molar-refractivity contribution in [3.63, 3.8) is 0 Å². The van der Waals surface area contributed by atoms with Crippen molar-refractivity contribution in [2.24, 2.45) is 0 Å². The number of nitrogens with zero attached hydrogens (tertiary/aromatic N) is 3. The summed E-state index contributed by atoms with van der Waals surface area (Å²) in [6, 6.07) is 5.81. The number of halogens is 6. The Labute approximate surface area is 215 Å². The summed E-state index contributed by atoms with van der Waals surface area (Å²) in [5, 5.41) is 0.410. The molecule has 0 amide bonds. The molecule has 5 rings (SSSR count). The monoisotopic (exact) mass is 552 g/mol. The Balaban J connectivity index is 1.44. The van der Waals surface area contributed by atoms with Gasteiger partial charge in [0.05, 0.1) is 23.8 Å². The highest BCUT2D eigenvalue weighted by Crippen LogP contribution is 2.38. The molecule has 198 valence electrons. The first-order valence-corrected chi connectivity index (χ1v) is 12.2. The van der Waals surface area contributed by atoms with Gasteiger partial charge < -0.3 is 9.30 Å². The van der Waals surface area contributed by atoms with Crippen molar-refractivity contribution in [2.45, 2.75) is 37.4 Å². The van der Waals surface area contributed by atoms with Crippen LogP contribution in [0.3, 0.4) is 0 Å². The van der Waals surface area contributed by atoms with E-state index in [9.17, 15) is 31.1 Å². The number of alkyl halides is 3. The van der Waals surface area contributed by atoms with E-state index in [0.717, 1.165) is 25.2 Å². The lowest BCUT2D eigenvalue weighted by atomic mass is 10.1. The van der Waals surface area contributed by atoms with Gasteiger partial charge >= 0.3 is 6.18 Å². The lowest BCUT2D eigenvalue weighted by molar-refractivity contribution is -0.138. The Bertz CT molecular complexity index is 1550. The molecule has 0 radical (unpaired) electrons. The molecule has 0 aliphatic heterocycles.